The number of furan rings is 2. The topological polar surface area (TPSA) is 44.1 Å². The van der Waals surface area contributed by atoms with Crippen molar-refractivity contribution < 1.29 is 8.83 Å². The van der Waals surface area contributed by atoms with Gasteiger partial charge >= 0.3 is 0 Å². The van der Waals surface area contributed by atoms with Crippen LogP contribution < -0.4 is 0 Å². The highest BCUT2D eigenvalue weighted by atomic mass is 16.3. The van der Waals surface area contributed by atoms with E-state index >= 15 is 0 Å². The zero-order valence-electron chi connectivity index (χ0n) is 22.9. The predicted molar refractivity (Wildman–Crippen MR) is 176 cm³/mol. The Labute approximate surface area is 245 Å². The summed E-state index contributed by atoms with van der Waals surface area (Å²) in [6.07, 6.45) is 3.76. The molecule has 43 heavy (non-hydrogen) atoms. The van der Waals surface area contributed by atoms with Crippen molar-refractivity contribution in [1.29, 1.82) is 0 Å². The van der Waals surface area contributed by atoms with Gasteiger partial charge in [-0.05, 0) is 83.2 Å². The van der Waals surface area contributed by atoms with Gasteiger partial charge in [0.1, 0.15) is 22.3 Å². The summed E-state index contributed by atoms with van der Waals surface area (Å²) in [6.45, 7) is 0. The van der Waals surface area contributed by atoms with Crippen LogP contribution in [0.25, 0.3) is 93.3 Å². The van der Waals surface area contributed by atoms with E-state index in [1.165, 1.54) is 10.8 Å². The summed E-state index contributed by atoms with van der Waals surface area (Å²) in [7, 11) is 0. The summed E-state index contributed by atoms with van der Waals surface area (Å²) < 4.78 is 14.9. The standard InChI is InChI=1S/C39H22N2O2/c1-2-6-26(7-3-1)41-33-13-10-23(18-29(33)30-20-31-28-8-4-5-9-35(28)43-38(31)21-34(30)41)24-11-14-36-32(19-24)39-27-16-17-40-22-25(27)12-15-37(39)42-36/h1-22H. The molecule has 0 amide bonds. The van der Waals surface area contributed by atoms with Gasteiger partial charge in [-0.25, -0.2) is 0 Å². The van der Waals surface area contributed by atoms with E-state index in [4.69, 9.17) is 8.83 Å². The van der Waals surface area contributed by atoms with Crippen molar-refractivity contribution in [2.75, 3.05) is 0 Å². The molecule has 4 nitrogen and oxygen atoms in total. The first-order chi connectivity index (χ1) is 21.3. The molecule has 0 unspecified atom stereocenters. The fourth-order valence-corrected chi connectivity index (χ4v) is 6.90. The molecule has 0 saturated heterocycles. The molecular weight excluding hydrogens is 528 g/mol. The summed E-state index contributed by atoms with van der Waals surface area (Å²) in [5.74, 6) is 0. The van der Waals surface area contributed by atoms with Gasteiger partial charge in [0.15, 0.2) is 0 Å². The Bertz CT molecular complexity index is 2730. The number of benzene rings is 6. The predicted octanol–water partition coefficient (Wildman–Crippen LogP) is 10.8. The molecule has 0 N–H and O–H groups in total. The van der Waals surface area contributed by atoms with Crippen LogP contribution >= 0.6 is 0 Å². The second kappa shape index (κ2) is 8.34. The second-order valence-corrected chi connectivity index (χ2v) is 11.2. The maximum Gasteiger partial charge on any atom is 0.137 e. The lowest BCUT2D eigenvalue weighted by Gasteiger charge is -2.08. The molecular formula is C39H22N2O2. The average Bonchev–Trinajstić information content (AvgIpc) is 3.72. The van der Waals surface area contributed by atoms with Gasteiger partial charge in [-0.2, -0.15) is 0 Å². The molecule has 0 aliphatic heterocycles. The number of fused-ring (bicyclic) bond motifs is 11. The summed E-state index contributed by atoms with van der Waals surface area (Å²) in [5, 5.41) is 9.18. The Morgan fingerprint density at radius 3 is 2.14 bits per heavy atom. The summed E-state index contributed by atoms with van der Waals surface area (Å²) >= 11 is 0. The lowest BCUT2D eigenvalue weighted by atomic mass is 9.99. The Balaban J connectivity index is 1.26. The lowest BCUT2D eigenvalue weighted by Crippen LogP contribution is -1.93. The van der Waals surface area contributed by atoms with Crippen molar-refractivity contribution in [3.63, 3.8) is 0 Å². The van der Waals surface area contributed by atoms with Crippen molar-refractivity contribution in [1.82, 2.24) is 9.55 Å². The quantitative estimate of drug-likeness (QED) is 0.215. The van der Waals surface area contributed by atoms with E-state index in [0.717, 1.165) is 82.5 Å². The minimum Gasteiger partial charge on any atom is -0.456 e. The maximum absolute atomic E-state index is 6.31. The highest BCUT2D eigenvalue weighted by Crippen LogP contribution is 2.41. The molecule has 6 aromatic carbocycles. The van der Waals surface area contributed by atoms with E-state index in [1.807, 2.05) is 30.6 Å². The molecule has 0 radical (unpaired) electrons. The largest absolute Gasteiger partial charge is 0.456 e. The zero-order chi connectivity index (χ0) is 28.1. The number of hydrogen-bond acceptors (Lipinski definition) is 3. The van der Waals surface area contributed by atoms with Crippen LogP contribution in [-0.2, 0) is 0 Å². The van der Waals surface area contributed by atoms with Gasteiger partial charge in [0.05, 0.1) is 11.0 Å². The molecule has 0 atom stereocenters. The molecule has 200 valence electrons. The Hall–Kier alpha value is -5.87. The van der Waals surface area contributed by atoms with Gasteiger partial charge in [-0.3, -0.25) is 4.98 Å². The van der Waals surface area contributed by atoms with Crippen molar-refractivity contribution in [2.24, 2.45) is 0 Å². The number of aromatic nitrogens is 2. The summed E-state index contributed by atoms with van der Waals surface area (Å²) in [5.41, 5.74) is 9.31. The first kappa shape index (κ1) is 22.8. The third kappa shape index (κ3) is 3.18. The van der Waals surface area contributed by atoms with Crippen LogP contribution in [0.3, 0.4) is 0 Å². The van der Waals surface area contributed by atoms with Crippen LogP contribution in [0, 0.1) is 0 Å². The fourth-order valence-electron chi connectivity index (χ4n) is 6.90. The van der Waals surface area contributed by atoms with Crippen LogP contribution in [0.1, 0.15) is 0 Å². The third-order valence-corrected chi connectivity index (χ3v) is 8.86. The number of pyridine rings is 1. The van der Waals surface area contributed by atoms with Crippen LogP contribution in [0.4, 0.5) is 0 Å². The molecule has 0 bridgehead atoms. The van der Waals surface area contributed by atoms with Gasteiger partial charge in [-0.15, -0.1) is 0 Å². The molecule has 0 saturated carbocycles. The van der Waals surface area contributed by atoms with Crippen molar-refractivity contribution in [3.05, 3.63) is 134 Å². The third-order valence-electron chi connectivity index (χ3n) is 8.86. The summed E-state index contributed by atoms with van der Waals surface area (Å²) in [6, 6.07) is 42.8. The zero-order valence-corrected chi connectivity index (χ0v) is 22.9. The number of rotatable bonds is 2. The van der Waals surface area contributed by atoms with Gasteiger partial charge in [0, 0.05) is 61.9 Å². The number of para-hydroxylation sites is 2. The highest BCUT2D eigenvalue weighted by Gasteiger charge is 2.18. The molecule has 0 fully saturated rings. The normalized spacial score (nSPS) is 12.2. The summed E-state index contributed by atoms with van der Waals surface area (Å²) in [4.78, 5) is 4.32. The minimum atomic E-state index is 0.888. The minimum absolute atomic E-state index is 0.888. The van der Waals surface area contributed by atoms with Crippen molar-refractivity contribution >= 4 is 76.5 Å². The molecule has 4 aromatic heterocycles. The van der Waals surface area contributed by atoms with E-state index in [0.29, 0.717) is 0 Å². The van der Waals surface area contributed by atoms with Crippen LogP contribution in [0.15, 0.2) is 143 Å². The van der Waals surface area contributed by atoms with Gasteiger partial charge in [-0.1, -0.05) is 48.5 Å². The Morgan fingerprint density at radius 1 is 0.465 bits per heavy atom. The molecule has 4 heterocycles. The fraction of sp³-hybridized carbons (Fsp3) is 0. The number of hydrogen-bond donors (Lipinski definition) is 0. The number of nitrogens with zero attached hydrogens (tertiary/aromatic N) is 2. The van der Waals surface area contributed by atoms with E-state index < -0.39 is 0 Å². The van der Waals surface area contributed by atoms with Crippen molar-refractivity contribution in [2.45, 2.75) is 0 Å². The molecule has 0 aliphatic rings. The average molecular weight is 551 g/mol. The SMILES string of the molecule is c1ccc(-n2c3ccc(-c4ccc5oc6ccc7cnccc7c6c5c4)cc3c3cc4c(cc32)oc2ccccc24)cc1. The van der Waals surface area contributed by atoms with Crippen LogP contribution in [-0.4, -0.2) is 9.55 Å². The van der Waals surface area contributed by atoms with Gasteiger partial charge in [0.25, 0.3) is 0 Å². The smallest absolute Gasteiger partial charge is 0.137 e. The maximum atomic E-state index is 6.31. The molecule has 10 aromatic rings. The molecule has 10 rings (SSSR count). The molecule has 0 aliphatic carbocycles. The first-order valence-corrected chi connectivity index (χ1v) is 14.4. The Morgan fingerprint density at radius 2 is 1.21 bits per heavy atom. The van der Waals surface area contributed by atoms with Gasteiger partial charge < -0.3 is 13.4 Å². The second-order valence-electron chi connectivity index (χ2n) is 11.2. The van der Waals surface area contributed by atoms with Crippen LogP contribution in [0.5, 0.6) is 0 Å². The van der Waals surface area contributed by atoms with Crippen LogP contribution in [0.2, 0.25) is 0 Å². The van der Waals surface area contributed by atoms with Gasteiger partial charge in [0.2, 0.25) is 0 Å². The molecule has 0 spiro atoms. The van der Waals surface area contributed by atoms with E-state index in [1.54, 1.807) is 0 Å². The van der Waals surface area contributed by atoms with Crippen molar-refractivity contribution in [3.8, 4) is 16.8 Å². The van der Waals surface area contributed by atoms with E-state index in [-0.39, 0.29) is 0 Å². The Kier molecular flexibility index (Phi) is 4.42. The highest BCUT2D eigenvalue weighted by molar-refractivity contribution is 6.20. The first-order valence-electron chi connectivity index (χ1n) is 14.4. The molecule has 4 heteroatoms. The van der Waals surface area contributed by atoms with E-state index in [2.05, 4.69) is 113 Å². The monoisotopic (exact) mass is 550 g/mol. The lowest BCUT2D eigenvalue weighted by molar-refractivity contribution is 0.669. The van der Waals surface area contributed by atoms with E-state index in [9.17, 15) is 0 Å².